The van der Waals surface area contributed by atoms with Crippen molar-refractivity contribution in [3.8, 4) is 11.5 Å². The van der Waals surface area contributed by atoms with E-state index in [1.165, 1.54) is 11.0 Å². The van der Waals surface area contributed by atoms with Crippen molar-refractivity contribution in [1.82, 2.24) is 5.32 Å². The van der Waals surface area contributed by atoms with Crippen molar-refractivity contribution in [2.45, 2.75) is 6.92 Å². The topological polar surface area (TPSA) is 67.9 Å². The number of carbonyl (C=O) groups excluding carboxylic acids is 2. The van der Waals surface area contributed by atoms with Crippen LogP contribution in [0.4, 0.5) is 5.69 Å². The number of anilines is 1. The van der Waals surface area contributed by atoms with Crippen LogP contribution in [-0.4, -0.2) is 30.1 Å². The minimum Gasteiger partial charge on any atom is -0.490 e. The third-order valence-corrected chi connectivity index (χ3v) is 5.27. The number of hydrogen-bond acceptors (Lipinski definition) is 5. The molecule has 0 radical (unpaired) electrons. The summed E-state index contributed by atoms with van der Waals surface area (Å²) in [5.74, 6) is -0.173. The maximum atomic E-state index is 13.2. The molecule has 3 rings (SSSR count). The summed E-state index contributed by atoms with van der Waals surface area (Å²) in [4.78, 5) is 26.9. The van der Waals surface area contributed by atoms with Gasteiger partial charge in [0.25, 0.3) is 11.8 Å². The van der Waals surface area contributed by atoms with Crippen LogP contribution < -0.4 is 19.7 Å². The Morgan fingerprint density at radius 2 is 2.03 bits per heavy atom. The van der Waals surface area contributed by atoms with Crippen LogP contribution in [0.15, 0.2) is 59.1 Å². The number of ether oxygens (including phenoxy) is 2. The first kappa shape index (κ1) is 23.0. The highest BCUT2D eigenvalue weighted by molar-refractivity contribution is 9.10. The van der Waals surface area contributed by atoms with Gasteiger partial charge in [0.2, 0.25) is 0 Å². The normalized spacial score (nSPS) is 15.1. The first-order chi connectivity index (χ1) is 14.8. The number of nitrogens with zero attached hydrogens (tertiary/aromatic N) is 1. The van der Waals surface area contributed by atoms with E-state index in [0.717, 1.165) is 0 Å². The fourth-order valence-electron chi connectivity index (χ4n) is 2.89. The first-order valence-electron chi connectivity index (χ1n) is 9.22. The third-order valence-electron chi connectivity index (χ3n) is 4.16. The Morgan fingerprint density at radius 3 is 2.71 bits per heavy atom. The summed E-state index contributed by atoms with van der Waals surface area (Å²) in [6.45, 7) is 6.19. The molecule has 2 amide bonds. The molecule has 0 aromatic heterocycles. The zero-order chi connectivity index (χ0) is 22.5. The number of amides is 2. The molecule has 0 saturated carbocycles. The van der Waals surface area contributed by atoms with Crippen LogP contribution in [0.2, 0.25) is 5.02 Å². The van der Waals surface area contributed by atoms with E-state index >= 15 is 0 Å². The van der Waals surface area contributed by atoms with Crippen LogP contribution in [0.5, 0.6) is 11.5 Å². The number of nitrogens with one attached hydrogen (secondary N) is 1. The number of thiocarbonyl (C=S) groups is 1. The number of hydrogen-bond donors (Lipinski definition) is 1. The molecule has 0 spiro atoms. The Kier molecular flexibility index (Phi) is 7.48. The molecule has 1 aliphatic heterocycles. The van der Waals surface area contributed by atoms with Gasteiger partial charge in [0.15, 0.2) is 16.6 Å². The molecule has 2 aromatic carbocycles. The summed E-state index contributed by atoms with van der Waals surface area (Å²) >= 11 is 14.7. The van der Waals surface area contributed by atoms with Crippen LogP contribution in [0.25, 0.3) is 6.08 Å². The van der Waals surface area contributed by atoms with Gasteiger partial charge in [-0.25, -0.2) is 0 Å². The van der Waals surface area contributed by atoms with Gasteiger partial charge < -0.3 is 9.47 Å². The van der Waals surface area contributed by atoms with Gasteiger partial charge in [0, 0.05) is 5.02 Å². The molecule has 1 fully saturated rings. The Hall–Kier alpha value is -2.68. The lowest BCUT2D eigenvalue weighted by Gasteiger charge is -2.29. The van der Waals surface area contributed by atoms with E-state index in [-0.39, 0.29) is 10.7 Å². The van der Waals surface area contributed by atoms with E-state index in [2.05, 4.69) is 27.8 Å². The number of benzene rings is 2. The van der Waals surface area contributed by atoms with E-state index in [1.54, 1.807) is 42.5 Å². The molecule has 31 heavy (non-hydrogen) atoms. The second kappa shape index (κ2) is 10.1. The van der Waals surface area contributed by atoms with Crippen LogP contribution in [-0.2, 0) is 9.59 Å². The summed E-state index contributed by atoms with van der Waals surface area (Å²) in [5, 5.41) is 2.97. The average molecular weight is 522 g/mol. The number of rotatable bonds is 7. The summed E-state index contributed by atoms with van der Waals surface area (Å²) in [5.41, 5.74) is 0.944. The molecular weight excluding hydrogens is 504 g/mol. The van der Waals surface area contributed by atoms with Gasteiger partial charge in [-0.05, 0) is 77.0 Å². The maximum Gasteiger partial charge on any atom is 0.270 e. The van der Waals surface area contributed by atoms with Gasteiger partial charge in [-0.3, -0.25) is 19.8 Å². The smallest absolute Gasteiger partial charge is 0.270 e. The molecule has 9 heteroatoms. The van der Waals surface area contributed by atoms with E-state index in [1.807, 2.05) is 6.92 Å². The average Bonchev–Trinajstić information content (AvgIpc) is 2.71. The predicted octanol–water partition coefficient (Wildman–Crippen LogP) is 4.90. The third kappa shape index (κ3) is 5.15. The molecule has 0 bridgehead atoms. The zero-order valence-corrected chi connectivity index (χ0v) is 19.6. The lowest BCUT2D eigenvalue weighted by atomic mass is 10.1. The number of carbonyl (C=O) groups is 2. The molecule has 0 atom stereocenters. The molecular formula is C22H18BrClN2O4S. The number of halogens is 2. The van der Waals surface area contributed by atoms with Gasteiger partial charge in [-0.1, -0.05) is 30.3 Å². The molecule has 1 heterocycles. The first-order valence-corrected chi connectivity index (χ1v) is 10.8. The maximum absolute atomic E-state index is 13.2. The monoisotopic (exact) mass is 520 g/mol. The lowest BCUT2D eigenvalue weighted by molar-refractivity contribution is -0.122. The molecule has 1 saturated heterocycles. The highest BCUT2D eigenvalue weighted by Gasteiger charge is 2.34. The summed E-state index contributed by atoms with van der Waals surface area (Å²) < 4.78 is 11.9. The van der Waals surface area contributed by atoms with E-state index in [4.69, 9.17) is 33.3 Å². The highest BCUT2D eigenvalue weighted by atomic mass is 79.9. The highest BCUT2D eigenvalue weighted by Crippen LogP contribution is 2.38. The molecule has 6 nitrogen and oxygen atoms in total. The van der Waals surface area contributed by atoms with E-state index in [0.29, 0.717) is 45.5 Å². The fourth-order valence-corrected chi connectivity index (χ4v) is 3.93. The van der Waals surface area contributed by atoms with Crippen LogP contribution >= 0.6 is 39.7 Å². The van der Waals surface area contributed by atoms with Gasteiger partial charge in [0.1, 0.15) is 12.2 Å². The van der Waals surface area contributed by atoms with E-state index in [9.17, 15) is 9.59 Å². The minimum atomic E-state index is -0.589. The Bertz CT molecular complexity index is 1100. The Labute approximate surface area is 198 Å². The minimum absolute atomic E-state index is 0.0150. The Balaban J connectivity index is 2.03. The van der Waals surface area contributed by atoms with Crippen molar-refractivity contribution in [2.75, 3.05) is 18.1 Å². The standard InChI is InChI=1S/C22H18BrClN2O4S/c1-3-8-30-19-17(23)10-13(11-18(19)29-4-2)9-16-20(27)25-22(31)26(21(16)28)15-7-5-6-14(24)12-15/h3,5-7,9-12H,1,4,8H2,2H3,(H,25,27,31)/b16-9+. The summed E-state index contributed by atoms with van der Waals surface area (Å²) in [7, 11) is 0. The van der Waals surface area contributed by atoms with Crippen molar-refractivity contribution in [1.29, 1.82) is 0 Å². The van der Waals surface area contributed by atoms with Crippen LogP contribution in [0.3, 0.4) is 0 Å². The van der Waals surface area contributed by atoms with Crippen molar-refractivity contribution in [3.63, 3.8) is 0 Å². The molecule has 0 unspecified atom stereocenters. The van der Waals surface area contributed by atoms with Crippen molar-refractivity contribution < 1.29 is 19.1 Å². The van der Waals surface area contributed by atoms with Gasteiger partial charge in [-0.15, -0.1) is 0 Å². The van der Waals surface area contributed by atoms with Crippen LogP contribution in [0.1, 0.15) is 12.5 Å². The van der Waals surface area contributed by atoms with Crippen molar-refractivity contribution >= 4 is 68.4 Å². The van der Waals surface area contributed by atoms with Crippen molar-refractivity contribution in [2.24, 2.45) is 0 Å². The fraction of sp³-hybridized carbons (Fsp3) is 0.136. The molecule has 1 aliphatic rings. The van der Waals surface area contributed by atoms with Crippen LogP contribution in [0, 0.1) is 0 Å². The summed E-state index contributed by atoms with van der Waals surface area (Å²) in [6, 6.07) is 10.1. The largest absolute Gasteiger partial charge is 0.490 e. The Morgan fingerprint density at radius 1 is 1.26 bits per heavy atom. The predicted molar refractivity (Wildman–Crippen MR) is 129 cm³/mol. The van der Waals surface area contributed by atoms with Gasteiger partial charge in [-0.2, -0.15) is 0 Å². The van der Waals surface area contributed by atoms with Gasteiger partial charge in [0.05, 0.1) is 16.8 Å². The van der Waals surface area contributed by atoms with Crippen molar-refractivity contribution in [3.05, 3.63) is 69.7 Å². The summed E-state index contributed by atoms with van der Waals surface area (Å²) in [6.07, 6.45) is 3.10. The van der Waals surface area contributed by atoms with Gasteiger partial charge >= 0.3 is 0 Å². The second-order valence-electron chi connectivity index (χ2n) is 6.30. The SMILES string of the molecule is C=CCOc1c(Br)cc(/C=C2\C(=O)NC(=S)N(c3cccc(Cl)c3)C2=O)cc1OCC. The quantitative estimate of drug-likeness (QED) is 0.243. The molecule has 2 aromatic rings. The molecule has 160 valence electrons. The lowest BCUT2D eigenvalue weighted by Crippen LogP contribution is -2.54. The molecule has 0 aliphatic carbocycles. The zero-order valence-electron chi connectivity index (χ0n) is 16.5. The second-order valence-corrected chi connectivity index (χ2v) is 7.98. The molecule has 1 N–H and O–H groups in total. The van der Waals surface area contributed by atoms with E-state index < -0.39 is 11.8 Å².